The highest BCUT2D eigenvalue weighted by Gasteiger charge is 2.34. The summed E-state index contributed by atoms with van der Waals surface area (Å²) in [4.78, 5) is 23.8. The number of carbonyl (C=O) groups is 2. The van der Waals surface area contributed by atoms with Crippen molar-refractivity contribution in [2.24, 2.45) is 11.3 Å². The average Bonchev–Trinajstić information content (AvgIpc) is 2.36. The molecule has 0 rings (SSSR count). The number of hydrogen-bond donors (Lipinski definition) is 1. The van der Waals surface area contributed by atoms with Crippen LogP contribution >= 0.6 is 0 Å². The molecule has 0 heterocycles. The summed E-state index contributed by atoms with van der Waals surface area (Å²) in [6.45, 7) is 12.5. The van der Waals surface area contributed by atoms with E-state index in [1.165, 1.54) is 0 Å². The molecule has 0 bridgehead atoms. The van der Waals surface area contributed by atoms with Gasteiger partial charge in [0.1, 0.15) is 6.04 Å². The van der Waals surface area contributed by atoms with Crippen molar-refractivity contribution in [3.05, 3.63) is 0 Å². The molecular weight excluding hydrogens is 270 g/mol. The van der Waals surface area contributed by atoms with E-state index in [2.05, 4.69) is 19.2 Å². The Hall–Kier alpha value is -1.26. The highest BCUT2D eigenvalue weighted by atomic mass is 16.6. The Kier molecular flexibility index (Phi) is 9.06. The Morgan fingerprint density at radius 3 is 2.19 bits per heavy atom. The van der Waals surface area contributed by atoms with Gasteiger partial charge in [0.15, 0.2) is 0 Å². The third kappa shape index (κ3) is 9.32. The molecule has 21 heavy (non-hydrogen) atoms. The van der Waals surface area contributed by atoms with Gasteiger partial charge in [-0.3, -0.25) is 0 Å². The minimum absolute atomic E-state index is 0.339. The van der Waals surface area contributed by atoms with Crippen molar-refractivity contribution in [3.8, 4) is 0 Å². The fourth-order valence-electron chi connectivity index (χ4n) is 1.73. The first kappa shape index (κ1) is 19.7. The van der Waals surface area contributed by atoms with Gasteiger partial charge in [0.2, 0.25) is 0 Å². The van der Waals surface area contributed by atoms with Crippen LogP contribution in [0.1, 0.15) is 60.8 Å². The standard InChI is InChI=1S/C16H31NO4/c1-7-10-21-15(19)17-13(16(4,5)6)14(18)20-11-8-9-12(2)3/h12-13H,7-11H2,1-6H3,(H,17,19). The Balaban J connectivity index is 4.41. The van der Waals surface area contributed by atoms with E-state index in [-0.39, 0.29) is 0 Å². The highest BCUT2D eigenvalue weighted by Crippen LogP contribution is 2.21. The highest BCUT2D eigenvalue weighted by molar-refractivity contribution is 5.82. The maximum absolute atomic E-state index is 12.2. The summed E-state index contributed by atoms with van der Waals surface area (Å²) in [5.41, 5.74) is -0.430. The van der Waals surface area contributed by atoms with Crippen LogP contribution in [0.3, 0.4) is 0 Å². The van der Waals surface area contributed by atoms with Crippen molar-refractivity contribution in [1.29, 1.82) is 0 Å². The van der Waals surface area contributed by atoms with Crippen LogP contribution in [0.15, 0.2) is 0 Å². The second-order valence-electron chi connectivity index (χ2n) is 6.78. The summed E-state index contributed by atoms with van der Waals surface area (Å²) < 4.78 is 10.2. The molecule has 124 valence electrons. The van der Waals surface area contributed by atoms with Gasteiger partial charge in [-0.1, -0.05) is 41.5 Å². The molecule has 0 aromatic rings. The summed E-state index contributed by atoms with van der Waals surface area (Å²) in [5.74, 6) is 0.184. The lowest BCUT2D eigenvalue weighted by Crippen LogP contribution is -2.50. The normalized spacial score (nSPS) is 12.9. The SMILES string of the molecule is CCCOC(=O)NC(C(=O)OCCCC(C)C)C(C)(C)C. The predicted octanol–water partition coefficient (Wildman–Crippen LogP) is 3.52. The van der Waals surface area contributed by atoms with Crippen molar-refractivity contribution >= 4 is 12.1 Å². The van der Waals surface area contributed by atoms with E-state index in [9.17, 15) is 9.59 Å². The van der Waals surface area contributed by atoms with Crippen LogP contribution in [-0.4, -0.2) is 31.3 Å². The van der Waals surface area contributed by atoms with Crippen molar-refractivity contribution < 1.29 is 19.1 Å². The van der Waals surface area contributed by atoms with Gasteiger partial charge in [-0.25, -0.2) is 9.59 Å². The van der Waals surface area contributed by atoms with E-state index in [0.717, 1.165) is 19.3 Å². The molecule has 0 saturated carbocycles. The maximum atomic E-state index is 12.2. The number of nitrogens with one attached hydrogen (secondary N) is 1. The molecule has 0 aliphatic rings. The Morgan fingerprint density at radius 1 is 1.10 bits per heavy atom. The number of hydrogen-bond acceptors (Lipinski definition) is 4. The van der Waals surface area contributed by atoms with Crippen LogP contribution in [0.25, 0.3) is 0 Å². The molecule has 0 aromatic carbocycles. The summed E-state index contributed by atoms with van der Waals surface area (Å²) in [5, 5.41) is 2.61. The first-order valence-electron chi connectivity index (χ1n) is 7.78. The van der Waals surface area contributed by atoms with E-state index in [1.54, 1.807) is 0 Å². The predicted molar refractivity (Wildman–Crippen MR) is 83.0 cm³/mol. The molecule has 0 spiro atoms. The molecule has 0 aliphatic carbocycles. The van der Waals surface area contributed by atoms with Crippen LogP contribution in [0.2, 0.25) is 0 Å². The van der Waals surface area contributed by atoms with Crippen LogP contribution in [0.4, 0.5) is 4.79 Å². The van der Waals surface area contributed by atoms with Crippen LogP contribution in [0.5, 0.6) is 0 Å². The third-order valence-corrected chi connectivity index (χ3v) is 2.97. The quantitative estimate of drug-likeness (QED) is 0.550. The van der Waals surface area contributed by atoms with Gasteiger partial charge in [0.25, 0.3) is 0 Å². The Labute approximate surface area is 128 Å². The van der Waals surface area contributed by atoms with Gasteiger partial charge >= 0.3 is 12.1 Å². The number of amides is 1. The molecule has 1 atom stereocenters. The minimum atomic E-state index is -0.707. The largest absolute Gasteiger partial charge is 0.464 e. The summed E-state index contributed by atoms with van der Waals surface area (Å²) in [7, 11) is 0. The monoisotopic (exact) mass is 301 g/mol. The molecular formula is C16H31NO4. The van der Waals surface area contributed by atoms with E-state index in [0.29, 0.717) is 19.1 Å². The number of rotatable bonds is 8. The topological polar surface area (TPSA) is 64.6 Å². The molecule has 0 aliphatic heterocycles. The molecule has 0 aromatic heterocycles. The molecule has 5 nitrogen and oxygen atoms in total. The number of esters is 1. The Bertz CT molecular complexity index is 321. The first-order chi connectivity index (χ1) is 9.68. The minimum Gasteiger partial charge on any atom is -0.464 e. The van der Waals surface area contributed by atoms with Crippen LogP contribution < -0.4 is 5.32 Å². The molecule has 1 unspecified atom stereocenters. The van der Waals surface area contributed by atoms with Crippen molar-refractivity contribution in [1.82, 2.24) is 5.32 Å². The zero-order valence-electron chi connectivity index (χ0n) is 14.3. The van der Waals surface area contributed by atoms with Gasteiger partial charge in [0.05, 0.1) is 13.2 Å². The van der Waals surface area contributed by atoms with E-state index < -0.39 is 23.5 Å². The molecule has 0 fully saturated rings. The number of alkyl carbamates (subject to hydrolysis) is 1. The van der Waals surface area contributed by atoms with Gasteiger partial charge in [-0.05, 0) is 30.6 Å². The molecule has 1 amide bonds. The Morgan fingerprint density at radius 2 is 1.71 bits per heavy atom. The summed E-state index contributed by atoms with van der Waals surface area (Å²) in [6.07, 6.45) is 2.02. The van der Waals surface area contributed by atoms with Crippen molar-refractivity contribution in [2.75, 3.05) is 13.2 Å². The molecule has 1 N–H and O–H groups in total. The third-order valence-electron chi connectivity index (χ3n) is 2.97. The first-order valence-corrected chi connectivity index (χ1v) is 7.78. The molecule has 0 radical (unpaired) electrons. The molecule has 0 saturated heterocycles. The second kappa shape index (κ2) is 9.64. The van der Waals surface area contributed by atoms with Gasteiger partial charge in [-0.2, -0.15) is 0 Å². The van der Waals surface area contributed by atoms with Crippen LogP contribution in [-0.2, 0) is 14.3 Å². The zero-order valence-corrected chi connectivity index (χ0v) is 14.3. The van der Waals surface area contributed by atoms with Gasteiger partial charge in [-0.15, -0.1) is 0 Å². The lowest BCUT2D eigenvalue weighted by Gasteiger charge is -2.29. The fraction of sp³-hybridized carbons (Fsp3) is 0.875. The maximum Gasteiger partial charge on any atom is 0.407 e. The average molecular weight is 301 g/mol. The second-order valence-corrected chi connectivity index (χ2v) is 6.78. The van der Waals surface area contributed by atoms with Crippen molar-refractivity contribution in [2.45, 2.75) is 66.8 Å². The molecule has 5 heteroatoms. The summed E-state index contributed by atoms with van der Waals surface area (Å²) in [6, 6.07) is -0.707. The number of ether oxygens (including phenoxy) is 2. The fourth-order valence-corrected chi connectivity index (χ4v) is 1.73. The lowest BCUT2D eigenvalue weighted by molar-refractivity contribution is -0.149. The number of carbonyl (C=O) groups excluding carboxylic acids is 2. The smallest absolute Gasteiger partial charge is 0.407 e. The lowest BCUT2D eigenvalue weighted by atomic mass is 9.87. The van der Waals surface area contributed by atoms with Gasteiger partial charge in [0, 0.05) is 0 Å². The van der Waals surface area contributed by atoms with Crippen LogP contribution in [0, 0.1) is 11.3 Å². The van der Waals surface area contributed by atoms with Gasteiger partial charge < -0.3 is 14.8 Å². The zero-order chi connectivity index (χ0) is 16.5. The summed E-state index contributed by atoms with van der Waals surface area (Å²) >= 11 is 0. The van der Waals surface area contributed by atoms with E-state index in [4.69, 9.17) is 9.47 Å². The van der Waals surface area contributed by atoms with E-state index >= 15 is 0 Å². The van der Waals surface area contributed by atoms with Crippen molar-refractivity contribution in [3.63, 3.8) is 0 Å². The van der Waals surface area contributed by atoms with E-state index in [1.807, 2.05) is 27.7 Å².